The first-order valence-corrected chi connectivity index (χ1v) is 7.24. The average molecular weight is 285 g/mol. The summed E-state index contributed by atoms with van der Waals surface area (Å²) in [4.78, 5) is 25.3. The lowest BCUT2D eigenvalue weighted by Gasteiger charge is -2.25. The third-order valence-corrected chi connectivity index (χ3v) is 3.07. The predicted molar refractivity (Wildman–Crippen MR) is 77.5 cm³/mol. The number of amides is 2. The third kappa shape index (κ3) is 5.36. The summed E-state index contributed by atoms with van der Waals surface area (Å²) in [6.07, 6.45) is 0.552. The van der Waals surface area contributed by atoms with Gasteiger partial charge in [-0.15, -0.1) is 0 Å². The lowest BCUT2D eigenvalue weighted by Crippen LogP contribution is -2.47. The summed E-state index contributed by atoms with van der Waals surface area (Å²) >= 11 is 0. The van der Waals surface area contributed by atoms with Crippen LogP contribution in [0.15, 0.2) is 0 Å². The van der Waals surface area contributed by atoms with E-state index < -0.39 is 5.60 Å². The molecule has 1 aliphatic rings. The number of likely N-dealkylation sites (N-methyl/N-ethyl adjacent to an activating group) is 1. The first-order chi connectivity index (χ1) is 9.23. The van der Waals surface area contributed by atoms with E-state index in [1.165, 1.54) is 0 Å². The van der Waals surface area contributed by atoms with Gasteiger partial charge in [-0.1, -0.05) is 0 Å². The molecule has 0 aliphatic carbocycles. The molecule has 0 aromatic rings. The van der Waals surface area contributed by atoms with E-state index in [9.17, 15) is 9.59 Å². The molecule has 0 radical (unpaired) electrons. The standard InChI is InChI=1S/C14H27N3O3/c1-6-15-12(18)10(2)16-11-7-8-17(9-11)13(19)20-14(3,4)5/h10-11,16H,6-9H2,1-5H3,(H,15,18). The van der Waals surface area contributed by atoms with Gasteiger partial charge in [0.25, 0.3) is 0 Å². The maximum Gasteiger partial charge on any atom is 0.410 e. The fourth-order valence-corrected chi connectivity index (χ4v) is 2.15. The van der Waals surface area contributed by atoms with Crippen LogP contribution >= 0.6 is 0 Å². The van der Waals surface area contributed by atoms with Gasteiger partial charge in [0.15, 0.2) is 0 Å². The Morgan fingerprint density at radius 3 is 2.60 bits per heavy atom. The predicted octanol–water partition coefficient (Wildman–Crippen LogP) is 1.11. The molecular formula is C14H27N3O3. The van der Waals surface area contributed by atoms with Crippen molar-refractivity contribution in [2.24, 2.45) is 0 Å². The molecular weight excluding hydrogens is 258 g/mol. The Bertz CT molecular complexity index is 352. The van der Waals surface area contributed by atoms with E-state index in [0.717, 1.165) is 6.42 Å². The molecule has 2 atom stereocenters. The van der Waals surface area contributed by atoms with Gasteiger partial charge < -0.3 is 20.3 Å². The third-order valence-electron chi connectivity index (χ3n) is 3.07. The first-order valence-electron chi connectivity index (χ1n) is 7.24. The molecule has 1 heterocycles. The molecule has 0 spiro atoms. The van der Waals surface area contributed by atoms with Gasteiger partial charge in [-0.05, 0) is 41.0 Å². The molecule has 6 nitrogen and oxygen atoms in total. The van der Waals surface area contributed by atoms with Gasteiger partial charge in [-0.3, -0.25) is 4.79 Å². The Hall–Kier alpha value is -1.30. The number of ether oxygens (including phenoxy) is 1. The topological polar surface area (TPSA) is 70.7 Å². The van der Waals surface area contributed by atoms with Crippen LogP contribution in [0.2, 0.25) is 0 Å². The van der Waals surface area contributed by atoms with E-state index in [0.29, 0.717) is 19.6 Å². The zero-order valence-electron chi connectivity index (χ0n) is 13.2. The lowest BCUT2D eigenvalue weighted by molar-refractivity contribution is -0.122. The van der Waals surface area contributed by atoms with Gasteiger partial charge in [-0.2, -0.15) is 0 Å². The second-order valence-electron chi connectivity index (χ2n) is 6.19. The SMILES string of the molecule is CCNC(=O)C(C)NC1CCN(C(=O)OC(C)(C)C)C1. The van der Waals surface area contributed by atoms with Gasteiger partial charge in [0.2, 0.25) is 5.91 Å². The lowest BCUT2D eigenvalue weighted by atomic mass is 10.2. The molecule has 1 rings (SSSR count). The maximum atomic E-state index is 11.9. The molecule has 2 N–H and O–H groups in total. The maximum absolute atomic E-state index is 11.9. The highest BCUT2D eigenvalue weighted by Gasteiger charge is 2.30. The van der Waals surface area contributed by atoms with Crippen molar-refractivity contribution < 1.29 is 14.3 Å². The number of carbonyl (C=O) groups is 2. The molecule has 2 unspecified atom stereocenters. The minimum Gasteiger partial charge on any atom is -0.444 e. The fraction of sp³-hybridized carbons (Fsp3) is 0.857. The van der Waals surface area contributed by atoms with E-state index in [1.54, 1.807) is 4.90 Å². The van der Waals surface area contributed by atoms with Crippen LogP contribution in [-0.4, -0.2) is 54.2 Å². The highest BCUT2D eigenvalue weighted by molar-refractivity contribution is 5.81. The second-order valence-corrected chi connectivity index (χ2v) is 6.19. The van der Waals surface area contributed by atoms with Gasteiger partial charge in [0.1, 0.15) is 5.60 Å². The molecule has 20 heavy (non-hydrogen) atoms. The first kappa shape index (κ1) is 16.8. The van der Waals surface area contributed by atoms with Crippen LogP contribution in [0.25, 0.3) is 0 Å². The largest absolute Gasteiger partial charge is 0.444 e. The minimum atomic E-state index is -0.475. The Balaban J connectivity index is 2.40. The molecule has 116 valence electrons. The molecule has 1 saturated heterocycles. The normalized spacial score (nSPS) is 20.6. The van der Waals surface area contributed by atoms with Crippen molar-refractivity contribution in [2.45, 2.75) is 58.7 Å². The Kier molecular flexibility index (Phi) is 5.80. The number of likely N-dealkylation sites (tertiary alicyclic amines) is 1. The summed E-state index contributed by atoms with van der Waals surface area (Å²) in [7, 11) is 0. The molecule has 1 fully saturated rings. The van der Waals surface area contributed by atoms with Crippen LogP contribution in [-0.2, 0) is 9.53 Å². The summed E-state index contributed by atoms with van der Waals surface area (Å²) in [5.74, 6) is -0.0109. The molecule has 6 heteroatoms. The summed E-state index contributed by atoms with van der Waals surface area (Å²) in [5, 5.41) is 6.03. The smallest absolute Gasteiger partial charge is 0.410 e. The molecule has 0 aromatic carbocycles. The van der Waals surface area contributed by atoms with Gasteiger partial charge in [-0.25, -0.2) is 4.79 Å². The number of rotatable bonds is 4. The van der Waals surface area contributed by atoms with E-state index in [1.807, 2.05) is 34.6 Å². The monoisotopic (exact) mass is 285 g/mol. The van der Waals surface area contributed by atoms with E-state index in [2.05, 4.69) is 10.6 Å². The van der Waals surface area contributed by atoms with Gasteiger partial charge in [0.05, 0.1) is 6.04 Å². The van der Waals surface area contributed by atoms with Crippen molar-refractivity contribution in [2.75, 3.05) is 19.6 Å². The van der Waals surface area contributed by atoms with Crippen molar-refractivity contribution in [3.05, 3.63) is 0 Å². The Morgan fingerprint density at radius 2 is 2.05 bits per heavy atom. The number of hydrogen-bond donors (Lipinski definition) is 2. The average Bonchev–Trinajstić information content (AvgIpc) is 2.75. The Morgan fingerprint density at radius 1 is 1.40 bits per heavy atom. The molecule has 2 amide bonds. The van der Waals surface area contributed by atoms with Crippen LogP contribution in [0.5, 0.6) is 0 Å². The van der Waals surface area contributed by atoms with Crippen molar-refractivity contribution >= 4 is 12.0 Å². The van der Waals surface area contributed by atoms with Crippen molar-refractivity contribution in [3.8, 4) is 0 Å². The quantitative estimate of drug-likeness (QED) is 0.812. The zero-order valence-corrected chi connectivity index (χ0v) is 13.2. The number of nitrogens with zero attached hydrogens (tertiary/aromatic N) is 1. The summed E-state index contributed by atoms with van der Waals surface area (Å²) < 4.78 is 5.34. The van der Waals surface area contributed by atoms with Crippen LogP contribution < -0.4 is 10.6 Å². The minimum absolute atomic E-state index is 0.0109. The highest BCUT2D eigenvalue weighted by Crippen LogP contribution is 2.15. The summed E-state index contributed by atoms with van der Waals surface area (Å²) in [5.41, 5.74) is -0.475. The zero-order chi connectivity index (χ0) is 15.3. The van der Waals surface area contributed by atoms with Gasteiger partial charge >= 0.3 is 6.09 Å². The summed E-state index contributed by atoms with van der Waals surface area (Å²) in [6.45, 7) is 11.2. The van der Waals surface area contributed by atoms with Crippen LogP contribution in [0.4, 0.5) is 4.79 Å². The van der Waals surface area contributed by atoms with Crippen LogP contribution in [0.1, 0.15) is 41.0 Å². The number of hydrogen-bond acceptors (Lipinski definition) is 4. The van der Waals surface area contributed by atoms with Gasteiger partial charge in [0, 0.05) is 25.7 Å². The van der Waals surface area contributed by atoms with Crippen molar-refractivity contribution in [1.82, 2.24) is 15.5 Å². The van der Waals surface area contributed by atoms with Crippen LogP contribution in [0.3, 0.4) is 0 Å². The molecule has 0 saturated carbocycles. The van der Waals surface area contributed by atoms with E-state index >= 15 is 0 Å². The number of carbonyl (C=O) groups excluding carboxylic acids is 2. The summed E-state index contributed by atoms with van der Waals surface area (Å²) in [6, 6.07) is -0.112. The van der Waals surface area contributed by atoms with Crippen LogP contribution in [0, 0.1) is 0 Å². The molecule has 0 aromatic heterocycles. The number of nitrogens with one attached hydrogen (secondary N) is 2. The van der Waals surface area contributed by atoms with Crippen molar-refractivity contribution in [3.63, 3.8) is 0 Å². The highest BCUT2D eigenvalue weighted by atomic mass is 16.6. The molecule has 0 bridgehead atoms. The van der Waals surface area contributed by atoms with E-state index in [4.69, 9.17) is 4.74 Å². The van der Waals surface area contributed by atoms with E-state index in [-0.39, 0.29) is 24.1 Å². The van der Waals surface area contributed by atoms with Crippen molar-refractivity contribution in [1.29, 1.82) is 0 Å². The fourth-order valence-electron chi connectivity index (χ4n) is 2.15. The Labute approximate surface area is 121 Å². The molecule has 1 aliphatic heterocycles. The second kappa shape index (κ2) is 6.92.